The van der Waals surface area contributed by atoms with Crippen LogP contribution in [0.2, 0.25) is 4.34 Å². The van der Waals surface area contributed by atoms with Gasteiger partial charge in [-0.1, -0.05) is 11.6 Å². The molecule has 13 heavy (non-hydrogen) atoms. The number of halogens is 1. The molecule has 0 spiro atoms. The molecule has 72 valence electrons. The summed E-state index contributed by atoms with van der Waals surface area (Å²) < 4.78 is 0.743. The molecule has 0 saturated carbocycles. The standard InChI is InChI=1S/C9H12ClNOS/c1-11(2)6-7(12)5-8-3-4-9(10)13-8/h3-4H,5-6H2,1-2H3. The second kappa shape index (κ2) is 4.74. The molecule has 0 aliphatic heterocycles. The Balaban J connectivity index is 2.45. The highest BCUT2D eigenvalue weighted by Crippen LogP contribution is 2.21. The van der Waals surface area contributed by atoms with E-state index in [-0.39, 0.29) is 5.78 Å². The predicted molar refractivity (Wildman–Crippen MR) is 56.6 cm³/mol. The number of hydrogen-bond acceptors (Lipinski definition) is 3. The molecule has 0 fully saturated rings. The molecule has 0 saturated heterocycles. The van der Waals surface area contributed by atoms with Crippen LogP contribution in [0, 0.1) is 0 Å². The Labute approximate surface area is 87.1 Å². The summed E-state index contributed by atoms with van der Waals surface area (Å²) in [5.74, 6) is 0.225. The third kappa shape index (κ3) is 3.89. The molecule has 2 nitrogen and oxygen atoms in total. The van der Waals surface area contributed by atoms with Gasteiger partial charge in [-0.2, -0.15) is 0 Å². The number of carbonyl (C=O) groups excluding carboxylic acids is 1. The molecule has 0 bridgehead atoms. The van der Waals surface area contributed by atoms with Crippen LogP contribution in [0.1, 0.15) is 4.88 Å². The molecule has 0 aliphatic rings. The van der Waals surface area contributed by atoms with Crippen molar-refractivity contribution in [3.63, 3.8) is 0 Å². The highest BCUT2D eigenvalue weighted by molar-refractivity contribution is 7.16. The summed E-state index contributed by atoms with van der Waals surface area (Å²) in [5.41, 5.74) is 0. The highest BCUT2D eigenvalue weighted by Gasteiger charge is 2.06. The summed E-state index contributed by atoms with van der Waals surface area (Å²) in [7, 11) is 3.78. The molecule has 1 aromatic rings. The van der Waals surface area contributed by atoms with Crippen molar-refractivity contribution in [2.45, 2.75) is 6.42 Å². The van der Waals surface area contributed by atoms with Gasteiger partial charge in [-0.3, -0.25) is 4.79 Å². The van der Waals surface area contributed by atoms with Crippen LogP contribution in [-0.2, 0) is 11.2 Å². The number of ketones is 1. The van der Waals surface area contributed by atoms with E-state index >= 15 is 0 Å². The zero-order valence-corrected chi connectivity index (χ0v) is 9.28. The van der Waals surface area contributed by atoms with E-state index in [0.717, 1.165) is 9.21 Å². The molecule has 0 aliphatic carbocycles. The van der Waals surface area contributed by atoms with Gasteiger partial charge in [0.05, 0.1) is 10.9 Å². The molecular weight excluding hydrogens is 206 g/mol. The van der Waals surface area contributed by atoms with Crippen LogP contribution in [0.5, 0.6) is 0 Å². The average Bonchev–Trinajstić information content (AvgIpc) is 2.33. The topological polar surface area (TPSA) is 20.3 Å². The quantitative estimate of drug-likeness (QED) is 0.770. The first-order valence-corrected chi connectivity index (χ1v) is 5.18. The van der Waals surface area contributed by atoms with Gasteiger partial charge in [0.2, 0.25) is 0 Å². The molecule has 0 N–H and O–H groups in total. The summed E-state index contributed by atoms with van der Waals surface area (Å²) in [6.45, 7) is 0.496. The zero-order chi connectivity index (χ0) is 9.84. The van der Waals surface area contributed by atoms with Gasteiger partial charge in [0.1, 0.15) is 0 Å². The number of carbonyl (C=O) groups is 1. The third-order valence-electron chi connectivity index (χ3n) is 1.49. The van der Waals surface area contributed by atoms with Crippen LogP contribution in [0.4, 0.5) is 0 Å². The molecular formula is C9H12ClNOS. The maximum atomic E-state index is 11.4. The third-order valence-corrected chi connectivity index (χ3v) is 2.72. The van der Waals surface area contributed by atoms with Crippen molar-refractivity contribution in [3.05, 3.63) is 21.3 Å². The van der Waals surface area contributed by atoms with E-state index in [1.807, 2.05) is 31.1 Å². The van der Waals surface area contributed by atoms with Crippen molar-refractivity contribution in [1.29, 1.82) is 0 Å². The number of nitrogens with zero attached hydrogens (tertiary/aromatic N) is 1. The SMILES string of the molecule is CN(C)CC(=O)Cc1ccc(Cl)s1. The van der Waals surface area contributed by atoms with E-state index in [0.29, 0.717) is 13.0 Å². The lowest BCUT2D eigenvalue weighted by Gasteiger charge is -2.06. The fourth-order valence-electron chi connectivity index (χ4n) is 1.05. The monoisotopic (exact) mass is 217 g/mol. The maximum absolute atomic E-state index is 11.4. The molecule has 0 amide bonds. The van der Waals surface area contributed by atoms with E-state index in [4.69, 9.17) is 11.6 Å². The van der Waals surface area contributed by atoms with Crippen LogP contribution in [-0.4, -0.2) is 31.3 Å². The molecule has 1 rings (SSSR count). The van der Waals surface area contributed by atoms with Crippen LogP contribution in [0.3, 0.4) is 0 Å². The summed E-state index contributed by atoms with van der Waals surface area (Å²) >= 11 is 7.22. The predicted octanol–water partition coefficient (Wildman–Crippen LogP) is 2.07. The van der Waals surface area contributed by atoms with Crippen molar-refractivity contribution in [1.82, 2.24) is 4.90 Å². The highest BCUT2D eigenvalue weighted by atomic mass is 35.5. The number of hydrogen-bond donors (Lipinski definition) is 0. The summed E-state index contributed by atoms with van der Waals surface area (Å²) in [6.07, 6.45) is 0.496. The maximum Gasteiger partial charge on any atom is 0.151 e. The number of likely N-dealkylation sites (N-methyl/N-ethyl adjacent to an activating group) is 1. The minimum Gasteiger partial charge on any atom is -0.302 e. The van der Waals surface area contributed by atoms with Gasteiger partial charge in [-0.15, -0.1) is 11.3 Å². The van der Waals surface area contributed by atoms with Crippen molar-refractivity contribution < 1.29 is 4.79 Å². The normalized spacial score (nSPS) is 10.8. The van der Waals surface area contributed by atoms with Gasteiger partial charge in [0.15, 0.2) is 5.78 Å². The van der Waals surface area contributed by atoms with Gasteiger partial charge >= 0.3 is 0 Å². The molecule has 1 aromatic heterocycles. The van der Waals surface area contributed by atoms with E-state index in [2.05, 4.69) is 0 Å². The zero-order valence-electron chi connectivity index (χ0n) is 7.71. The van der Waals surface area contributed by atoms with Crippen LogP contribution < -0.4 is 0 Å². The van der Waals surface area contributed by atoms with Gasteiger partial charge < -0.3 is 4.90 Å². The summed E-state index contributed by atoms with van der Waals surface area (Å²) in [4.78, 5) is 14.3. The second-order valence-corrected chi connectivity index (χ2v) is 4.96. The van der Waals surface area contributed by atoms with E-state index in [9.17, 15) is 4.79 Å². The number of thiophene rings is 1. The first-order valence-electron chi connectivity index (χ1n) is 3.98. The lowest BCUT2D eigenvalue weighted by atomic mass is 10.2. The Kier molecular flexibility index (Phi) is 3.90. The molecule has 0 unspecified atom stereocenters. The first-order chi connectivity index (χ1) is 6.08. The fourth-order valence-corrected chi connectivity index (χ4v) is 2.17. The van der Waals surface area contributed by atoms with Crippen molar-refractivity contribution in [2.75, 3.05) is 20.6 Å². The average molecular weight is 218 g/mol. The Morgan fingerprint density at radius 3 is 2.69 bits per heavy atom. The van der Waals surface area contributed by atoms with E-state index in [1.165, 1.54) is 11.3 Å². The largest absolute Gasteiger partial charge is 0.302 e. The number of Topliss-reactive ketones (excluding diaryl/α,β-unsaturated/α-hetero) is 1. The van der Waals surface area contributed by atoms with Gasteiger partial charge in [0.25, 0.3) is 0 Å². The minimum atomic E-state index is 0.225. The van der Waals surface area contributed by atoms with E-state index < -0.39 is 0 Å². The Morgan fingerprint density at radius 2 is 2.23 bits per heavy atom. The first kappa shape index (κ1) is 10.7. The lowest BCUT2D eigenvalue weighted by Crippen LogP contribution is -2.22. The van der Waals surface area contributed by atoms with Gasteiger partial charge in [-0.25, -0.2) is 0 Å². The van der Waals surface area contributed by atoms with E-state index in [1.54, 1.807) is 0 Å². The summed E-state index contributed by atoms with van der Waals surface area (Å²) in [5, 5.41) is 0. The molecule has 0 radical (unpaired) electrons. The Bertz CT molecular complexity index is 296. The molecule has 0 aromatic carbocycles. The molecule has 4 heteroatoms. The molecule has 1 heterocycles. The fraction of sp³-hybridized carbons (Fsp3) is 0.444. The van der Waals surface area contributed by atoms with Crippen LogP contribution in [0.15, 0.2) is 12.1 Å². The van der Waals surface area contributed by atoms with Gasteiger partial charge in [-0.05, 0) is 26.2 Å². The van der Waals surface area contributed by atoms with Crippen LogP contribution >= 0.6 is 22.9 Å². The molecule has 0 atom stereocenters. The van der Waals surface area contributed by atoms with Crippen molar-refractivity contribution in [3.8, 4) is 0 Å². The van der Waals surface area contributed by atoms with Crippen molar-refractivity contribution in [2.24, 2.45) is 0 Å². The Morgan fingerprint density at radius 1 is 1.54 bits per heavy atom. The van der Waals surface area contributed by atoms with Crippen molar-refractivity contribution >= 4 is 28.7 Å². The second-order valence-electron chi connectivity index (χ2n) is 3.16. The van der Waals surface area contributed by atoms with Gasteiger partial charge in [0, 0.05) is 11.3 Å². The Hall–Kier alpha value is -0.380. The smallest absolute Gasteiger partial charge is 0.151 e. The lowest BCUT2D eigenvalue weighted by molar-refractivity contribution is -0.118. The number of rotatable bonds is 4. The minimum absolute atomic E-state index is 0.225. The summed E-state index contributed by atoms with van der Waals surface area (Å²) in [6, 6.07) is 3.73. The van der Waals surface area contributed by atoms with Crippen LogP contribution in [0.25, 0.3) is 0 Å².